The van der Waals surface area contributed by atoms with Crippen LogP contribution in [0.15, 0.2) is 80.6 Å². The van der Waals surface area contributed by atoms with Crippen LogP contribution >= 0.6 is 0 Å². The number of nitro benzene ring substituents is 1. The first-order valence-electron chi connectivity index (χ1n) is 10.7. The van der Waals surface area contributed by atoms with Crippen LogP contribution in [0.5, 0.6) is 0 Å². The SMILES string of the molecule is O=c1c(N=Nc2ccc(S(=O)(=O)O)cc2)c(-c2ccc([N+](=O)[O-])cc2)[nH]n1-c1ccc2nnc(C(F)(F)F)n2n1. The van der Waals surface area contributed by atoms with Crippen molar-refractivity contribution in [1.29, 1.82) is 0 Å². The molecule has 0 saturated heterocycles. The molecule has 204 valence electrons. The number of azo groups is 1. The number of aromatic amines is 1. The van der Waals surface area contributed by atoms with Crippen molar-refractivity contribution in [2.24, 2.45) is 10.2 Å². The summed E-state index contributed by atoms with van der Waals surface area (Å²) in [6.45, 7) is 0. The number of hydrogen-bond donors (Lipinski definition) is 2. The van der Waals surface area contributed by atoms with Gasteiger partial charge in [-0.05, 0) is 48.5 Å². The fraction of sp³-hybridized carbons (Fsp3) is 0.0476. The third kappa shape index (κ3) is 4.92. The van der Waals surface area contributed by atoms with Crippen molar-refractivity contribution in [1.82, 2.24) is 29.6 Å². The zero-order chi connectivity index (χ0) is 28.8. The van der Waals surface area contributed by atoms with E-state index in [-0.39, 0.29) is 39.8 Å². The Kier molecular flexibility index (Phi) is 6.23. The van der Waals surface area contributed by atoms with Crippen molar-refractivity contribution in [3.8, 4) is 17.1 Å². The van der Waals surface area contributed by atoms with Crippen LogP contribution in [-0.4, -0.2) is 47.5 Å². The highest BCUT2D eigenvalue weighted by atomic mass is 32.2. The summed E-state index contributed by atoms with van der Waals surface area (Å²) in [4.78, 5) is 23.4. The molecule has 3 heterocycles. The number of non-ortho nitro benzene ring substituents is 1. The first kappa shape index (κ1) is 26.3. The summed E-state index contributed by atoms with van der Waals surface area (Å²) in [5.74, 6) is -1.72. The van der Waals surface area contributed by atoms with Crippen molar-refractivity contribution in [2.45, 2.75) is 11.1 Å². The van der Waals surface area contributed by atoms with Crippen LogP contribution in [0.2, 0.25) is 0 Å². The van der Waals surface area contributed by atoms with Crippen LogP contribution < -0.4 is 5.56 Å². The second-order valence-corrected chi connectivity index (χ2v) is 9.35. The summed E-state index contributed by atoms with van der Waals surface area (Å²) >= 11 is 0. The van der Waals surface area contributed by atoms with Crippen LogP contribution in [0.4, 0.5) is 30.2 Å². The van der Waals surface area contributed by atoms with Gasteiger partial charge in [0.1, 0.15) is 0 Å². The Morgan fingerprint density at radius 3 is 2.25 bits per heavy atom. The average molecular weight is 575 g/mol. The fourth-order valence-corrected chi connectivity index (χ4v) is 3.98. The highest BCUT2D eigenvalue weighted by molar-refractivity contribution is 7.85. The molecule has 0 aliphatic rings. The molecule has 5 aromatic rings. The lowest BCUT2D eigenvalue weighted by atomic mass is 10.1. The van der Waals surface area contributed by atoms with E-state index in [4.69, 9.17) is 4.55 Å². The molecule has 3 aromatic heterocycles. The number of H-pyrrole nitrogens is 1. The van der Waals surface area contributed by atoms with Gasteiger partial charge in [0.05, 0.1) is 21.2 Å². The molecule has 2 N–H and O–H groups in total. The maximum atomic E-state index is 13.4. The van der Waals surface area contributed by atoms with Gasteiger partial charge < -0.3 is 0 Å². The lowest BCUT2D eigenvalue weighted by molar-refractivity contribution is -0.384. The molecule has 0 aliphatic carbocycles. The average Bonchev–Trinajstić information content (AvgIpc) is 3.48. The normalized spacial score (nSPS) is 12.4. The third-order valence-corrected chi connectivity index (χ3v) is 6.23. The first-order chi connectivity index (χ1) is 18.8. The number of fused-ring (bicyclic) bond motifs is 1. The van der Waals surface area contributed by atoms with E-state index in [1.807, 2.05) is 0 Å². The van der Waals surface area contributed by atoms with Crippen LogP contribution in [0.3, 0.4) is 0 Å². The molecule has 0 saturated carbocycles. The smallest absolute Gasteiger partial charge is 0.286 e. The summed E-state index contributed by atoms with van der Waals surface area (Å²) in [5, 5.41) is 31.9. The standard InChI is InChI=1S/C21H12F3N9O6S/c22-21(23,24)20-28-26-15-9-10-16(29-32(15)20)31-19(34)18(17(30-31)11-1-5-13(6-2-11)33(35)36)27-25-12-3-7-14(8-4-12)40(37,38)39/h1-10,30H,(H,37,38,39). The van der Waals surface area contributed by atoms with E-state index < -0.39 is 37.5 Å². The van der Waals surface area contributed by atoms with E-state index >= 15 is 0 Å². The summed E-state index contributed by atoms with van der Waals surface area (Å²) < 4.78 is 72.8. The molecular weight excluding hydrogens is 563 g/mol. The molecule has 2 aromatic carbocycles. The van der Waals surface area contributed by atoms with Crippen LogP contribution in [0.25, 0.3) is 22.7 Å². The number of aromatic nitrogens is 6. The van der Waals surface area contributed by atoms with E-state index in [0.29, 0.717) is 4.52 Å². The molecule has 0 radical (unpaired) electrons. The highest BCUT2D eigenvalue weighted by Gasteiger charge is 2.37. The Balaban J connectivity index is 1.64. The van der Waals surface area contributed by atoms with E-state index in [0.717, 1.165) is 35.0 Å². The van der Waals surface area contributed by atoms with Gasteiger partial charge in [-0.15, -0.1) is 20.4 Å². The summed E-state index contributed by atoms with van der Waals surface area (Å²) in [6.07, 6.45) is -4.89. The number of benzene rings is 2. The molecule has 15 nitrogen and oxygen atoms in total. The molecule has 0 amide bonds. The van der Waals surface area contributed by atoms with Crippen molar-refractivity contribution >= 4 is 32.8 Å². The van der Waals surface area contributed by atoms with Gasteiger partial charge in [0.2, 0.25) is 0 Å². The predicted octanol–water partition coefficient (Wildman–Crippen LogP) is 3.86. The zero-order valence-electron chi connectivity index (χ0n) is 19.4. The molecule has 0 bridgehead atoms. The lowest BCUT2D eigenvalue weighted by Gasteiger charge is -2.05. The van der Waals surface area contributed by atoms with Crippen molar-refractivity contribution in [3.05, 3.63) is 87.0 Å². The van der Waals surface area contributed by atoms with Gasteiger partial charge in [0.25, 0.3) is 21.6 Å². The first-order valence-corrected chi connectivity index (χ1v) is 12.2. The Labute approximate surface area is 219 Å². The number of nitrogens with zero attached hydrogens (tertiary/aromatic N) is 8. The molecule has 0 atom stereocenters. The number of nitrogens with one attached hydrogen (secondary N) is 1. The predicted molar refractivity (Wildman–Crippen MR) is 128 cm³/mol. The number of hydrogen-bond acceptors (Lipinski definition) is 10. The van der Waals surface area contributed by atoms with Gasteiger partial charge in [0.15, 0.2) is 17.2 Å². The van der Waals surface area contributed by atoms with Crippen molar-refractivity contribution in [2.75, 3.05) is 0 Å². The summed E-state index contributed by atoms with van der Waals surface area (Å²) in [6, 6.07) is 11.8. The van der Waals surface area contributed by atoms with Gasteiger partial charge in [-0.2, -0.15) is 35.9 Å². The molecule has 19 heteroatoms. The third-order valence-electron chi connectivity index (χ3n) is 5.36. The molecule has 0 aliphatic heterocycles. The Hall–Kier alpha value is -5.30. The Morgan fingerprint density at radius 2 is 1.65 bits per heavy atom. The molecule has 40 heavy (non-hydrogen) atoms. The van der Waals surface area contributed by atoms with Crippen molar-refractivity contribution < 1.29 is 31.1 Å². The molecule has 5 rings (SSSR count). The van der Waals surface area contributed by atoms with Crippen molar-refractivity contribution in [3.63, 3.8) is 0 Å². The van der Waals surface area contributed by atoms with Gasteiger partial charge >= 0.3 is 11.7 Å². The summed E-state index contributed by atoms with van der Waals surface area (Å²) in [7, 11) is -4.46. The minimum Gasteiger partial charge on any atom is -0.286 e. The van der Waals surface area contributed by atoms with Gasteiger partial charge in [0, 0.05) is 17.7 Å². The molecular formula is C21H12F3N9O6S. The summed E-state index contributed by atoms with van der Waals surface area (Å²) in [5.41, 5.74) is -1.44. The van der Waals surface area contributed by atoms with Gasteiger partial charge in [-0.1, -0.05) is 0 Å². The quantitative estimate of drug-likeness (QED) is 0.130. The second-order valence-electron chi connectivity index (χ2n) is 7.93. The lowest BCUT2D eigenvalue weighted by Crippen LogP contribution is -2.18. The second kappa shape index (κ2) is 9.47. The fourth-order valence-electron chi connectivity index (χ4n) is 3.50. The maximum absolute atomic E-state index is 13.4. The number of halogens is 3. The van der Waals surface area contributed by atoms with Gasteiger partial charge in [-0.3, -0.25) is 24.6 Å². The van der Waals surface area contributed by atoms with Gasteiger partial charge in [-0.25, -0.2) is 0 Å². The minimum atomic E-state index is -4.89. The minimum absolute atomic E-state index is 0.0140. The maximum Gasteiger partial charge on any atom is 0.453 e. The Bertz CT molecular complexity index is 1960. The number of rotatable bonds is 6. The molecule has 0 fully saturated rings. The Morgan fingerprint density at radius 1 is 0.975 bits per heavy atom. The number of alkyl halides is 3. The molecule has 0 unspecified atom stereocenters. The van der Waals surface area contributed by atoms with E-state index in [2.05, 4.69) is 30.6 Å². The van der Waals surface area contributed by atoms with Crippen LogP contribution in [0.1, 0.15) is 5.82 Å². The van der Waals surface area contributed by atoms with Crippen LogP contribution in [-0.2, 0) is 16.3 Å². The van der Waals surface area contributed by atoms with E-state index in [1.54, 1.807) is 0 Å². The monoisotopic (exact) mass is 575 g/mol. The topological polar surface area (TPSA) is 203 Å². The zero-order valence-corrected chi connectivity index (χ0v) is 20.2. The molecule has 0 spiro atoms. The number of nitro groups is 1. The largest absolute Gasteiger partial charge is 0.453 e. The highest BCUT2D eigenvalue weighted by Crippen LogP contribution is 2.30. The van der Waals surface area contributed by atoms with E-state index in [1.165, 1.54) is 30.3 Å². The van der Waals surface area contributed by atoms with Crippen LogP contribution in [0, 0.1) is 10.1 Å². The van der Waals surface area contributed by atoms with E-state index in [9.17, 15) is 36.5 Å².